The van der Waals surface area contributed by atoms with Crippen LogP contribution in [0.15, 0.2) is 74.1 Å². The SMILES string of the molecule is C/C=C/Oc1ccc(CC(=O)NC/C=C\C=C/C(C)C)cc1.C=C.CC.CC.CC.CCC.CCC.CCCCOCCC. The summed E-state index contributed by atoms with van der Waals surface area (Å²) >= 11 is 0. The Balaban J connectivity index is -0.000000103. The molecule has 1 aromatic carbocycles. The summed E-state index contributed by atoms with van der Waals surface area (Å²) in [6, 6.07) is 7.53. The van der Waals surface area contributed by atoms with E-state index in [1.54, 1.807) is 6.26 Å². The van der Waals surface area contributed by atoms with Crippen LogP contribution < -0.4 is 10.1 Å². The van der Waals surface area contributed by atoms with Gasteiger partial charge in [0.05, 0.1) is 12.7 Å². The number of carbonyl (C=O) groups is 1. The van der Waals surface area contributed by atoms with E-state index < -0.39 is 0 Å². The normalized spacial score (nSPS) is 9.00. The van der Waals surface area contributed by atoms with Crippen LogP contribution in [0.4, 0.5) is 0 Å². The van der Waals surface area contributed by atoms with Crippen molar-refractivity contribution in [1.82, 2.24) is 5.32 Å². The summed E-state index contributed by atoms with van der Waals surface area (Å²) in [6.45, 7) is 39.4. The molecule has 0 unspecified atom stereocenters. The zero-order valence-electron chi connectivity index (χ0n) is 32.4. The van der Waals surface area contributed by atoms with Crippen LogP contribution in [0, 0.1) is 5.92 Å². The van der Waals surface area contributed by atoms with Crippen LogP contribution in [0.1, 0.15) is 142 Å². The minimum absolute atomic E-state index is 0.0135. The van der Waals surface area contributed by atoms with Crippen molar-refractivity contribution in [2.75, 3.05) is 19.8 Å². The molecule has 0 spiro atoms. The van der Waals surface area contributed by atoms with Gasteiger partial charge < -0.3 is 14.8 Å². The maximum absolute atomic E-state index is 11.8. The Hall–Kier alpha value is -2.59. The molecule has 4 heteroatoms. The lowest BCUT2D eigenvalue weighted by Gasteiger charge is -2.04. The highest BCUT2D eigenvalue weighted by molar-refractivity contribution is 5.78. The van der Waals surface area contributed by atoms with Gasteiger partial charge >= 0.3 is 0 Å². The average Bonchev–Trinajstić information content (AvgIpc) is 3.05. The Morgan fingerprint density at radius 3 is 1.73 bits per heavy atom. The van der Waals surface area contributed by atoms with E-state index in [-0.39, 0.29) is 5.91 Å². The van der Waals surface area contributed by atoms with Crippen LogP contribution in [0.5, 0.6) is 5.75 Å². The first-order chi connectivity index (χ1) is 21.4. The maximum atomic E-state index is 11.8. The maximum Gasteiger partial charge on any atom is 0.224 e. The predicted octanol–water partition coefficient (Wildman–Crippen LogP) is 13.0. The molecule has 0 aliphatic heterocycles. The number of allylic oxidation sites excluding steroid dienone is 4. The third-order valence-corrected chi connectivity index (χ3v) is 3.78. The standard InChI is InChI=1S/C19H25NO2.C7H16O.2C3H8.3C2H6.C2H4/c1-4-14-22-18-11-9-17(10-12-18)15-19(21)20-13-7-5-6-8-16(2)3;1-3-5-7-8-6-4-2;2*1-3-2;4*1-2/h4-12,14,16H,13,15H2,1-3H3,(H,20,21);3-7H2,1-2H3;2*3H2,1-2H3;3*1-2H3;1-2H2/b7-5-,8-6-,14-4+;;;;;;;. The number of hydrogen-bond acceptors (Lipinski definition) is 3. The Morgan fingerprint density at radius 2 is 1.32 bits per heavy atom. The molecule has 0 aromatic heterocycles. The molecule has 0 bridgehead atoms. The number of hydrogen-bond donors (Lipinski definition) is 1. The van der Waals surface area contributed by atoms with Gasteiger partial charge in [0.2, 0.25) is 5.91 Å². The van der Waals surface area contributed by atoms with Gasteiger partial charge in [0.25, 0.3) is 0 Å². The number of nitrogens with one attached hydrogen (secondary N) is 1. The lowest BCUT2D eigenvalue weighted by Crippen LogP contribution is -2.24. The third-order valence-electron chi connectivity index (χ3n) is 3.78. The van der Waals surface area contributed by atoms with Gasteiger partial charge in [-0.25, -0.2) is 0 Å². The van der Waals surface area contributed by atoms with Crippen LogP contribution in [0.3, 0.4) is 0 Å². The molecule has 1 N–H and O–H groups in total. The minimum atomic E-state index is 0.0135. The van der Waals surface area contributed by atoms with Crippen molar-refractivity contribution >= 4 is 5.91 Å². The highest BCUT2D eigenvalue weighted by Gasteiger charge is 2.02. The predicted molar refractivity (Wildman–Crippen MR) is 205 cm³/mol. The topological polar surface area (TPSA) is 47.6 Å². The lowest BCUT2D eigenvalue weighted by molar-refractivity contribution is -0.120. The largest absolute Gasteiger partial charge is 0.465 e. The van der Waals surface area contributed by atoms with Crippen LogP contribution in [-0.2, 0) is 16.0 Å². The van der Waals surface area contributed by atoms with Gasteiger partial charge in [-0.05, 0) is 43.4 Å². The Bertz CT molecular complexity index is 654. The second kappa shape index (κ2) is 63.6. The summed E-state index contributed by atoms with van der Waals surface area (Å²) in [7, 11) is 0. The molecule has 0 saturated heterocycles. The van der Waals surface area contributed by atoms with E-state index in [0.29, 0.717) is 18.9 Å². The number of amides is 1. The van der Waals surface area contributed by atoms with Crippen LogP contribution >= 0.6 is 0 Å². The quantitative estimate of drug-likeness (QED) is 0.103. The molecule has 0 atom stereocenters. The average molecular weight is 622 g/mol. The number of benzene rings is 1. The molecule has 1 aromatic rings. The second-order valence-electron chi connectivity index (χ2n) is 8.65. The Morgan fingerprint density at radius 1 is 0.818 bits per heavy atom. The smallest absolute Gasteiger partial charge is 0.224 e. The Labute approximate surface area is 278 Å². The van der Waals surface area contributed by atoms with Crippen LogP contribution in [0.25, 0.3) is 0 Å². The van der Waals surface area contributed by atoms with Crippen molar-refractivity contribution in [3.05, 3.63) is 79.6 Å². The van der Waals surface area contributed by atoms with Gasteiger partial charge in [-0.3, -0.25) is 4.79 Å². The number of ether oxygens (including phenoxy) is 2. The molecule has 4 nitrogen and oxygen atoms in total. The van der Waals surface area contributed by atoms with E-state index in [4.69, 9.17) is 9.47 Å². The van der Waals surface area contributed by atoms with E-state index in [1.807, 2.05) is 97.0 Å². The lowest BCUT2D eigenvalue weighted by atomic mass is 10.1. The molecule has 0 fully saturated rings. The molecule has 0 radical (unpaired) electrons. The molecule has 0 heterocycles. The molecule has 0 aliphatic rings. The van der Waals surface area contributed by atoms with Crippen molar-refractivity contribution in [3.63, 3.8) is 0 Å². The van der Waals surface area contributed by atoms with Gasteiger partial charge in [-0.2, -0.15) is 0 Å². The van der Waals surface area contributed by atoms with E-state index in [9.17, 15) is 4.79 Å². The highest BCUT2D eigenvalue weighted by atomic mass is 16.5. The van der Waals surface area contributed by atoms with Gasteiger partial charge in [-0.1, -0.05) is 159 Å². The number of carbonyl (C=O) groups excluding carboxylic acids is 1. The van der Waals surface area contributed by atoms with Gasteiger partial charge in [0.15, 0.2) is 0 Å². The first kappa shape index (κ1) is 57.1. The summed E-state index contributed by atoms with van der Waals surface area (Å²) in [6.07, 6.45) is 17.9. The van der Waals surface area contributed by atoms with Crippen molar-refractivity contribution < 1.29 is 14.3 Å². The fraction of sp³-hybridized carbons (Fsp3) is 0.625. The summed E-state index contributed by atoms with van der Waals surface area (Å²) in [5.41, 5.74) is 0.967. The van der Waals surface area contributed by atoms with Crippen LogP contribution in [-0.4, -0.2) is 25.7 Å². The minimum Gasteiger partial charge on any atom is -0.465 e. The summed E-state index contributed by atoms with van der Waals surface area (Å²) < 4.78 is 10.6. The molecule has 0 aliphatic carbocycles. The van der Waals surface area contributed by atoms with Crippen molar-refractivity contribution in [1.29, 1.82) is 0 Å². The van der Waals surface area contributed by atoms with E-state index >= 15 is 0 Å². The number of unbranched alkanes of at least 4 members (excludes halogenated alkanes) is 1. The van der Waals surface area contributed by atoms with Gasteiger partial charge in [-0.15, -0.1) is 13.2 Å². The molecular weight excluding hydrogens is 542 g/mol. The summed E-state index contributed by atoms with van der Waals surface area (Å²) in [5, 5.41) is 2.87. The Kier molecular flexibility index (Phi) is 82.6. The van der Waals surface area contributed by atoms with E-state index in [1.165, 1.54) is 25.7 Å². The highest BCUT2D eigenvalue weighted by Crippen LogP contribution is 2.12. The molecule has 262 valence electrons. The number of rotatable bonds is 13. The summed E-state index contributed by atoms with van der Waals surface area (Å²) in [5.74, 6) is 1.32. The van der Waals surface area contributed by atoms with Crippen molar-refractivity contribution in [3.8, 4) is 5.75 Å². The van der Waals surface area contributed by atoms with Gasteiger partial charge in [0.1, 0.15) is 5.75 Å². The van der Waals surface area contributed by atoms with Crippen molar-refractivity contribution in [2.24, 2.45) is 5.92 Å². The zero-order valence-corrected chi connectivity index (χ0v) is 32.4. The third kappa shape index (κ3) is 67.2. The van der Waals surface area contributed by atoms with E-state index in [2.05, 4.69) is 79.9 Å². The van der Waals surface area contributed by atoms with Crippen molar-refractivity contribution in [2.45, 2.75) is 142 Å². The van der Waals surface area contributed by atoms with Crippen LogP contribution in [0.2, 0.25) is 0 Å². The fourth-order valence-electron chi connectivity index (χ4n) is 2.18. The second-order valence-corrected chi connectivity index (χ2v) is 8.65. The van der Waals surface area contributed by atoms with E-state index in [0.717, 1.165) is 30.9 Å². The monoisotopic (exact) mass is 622 g/mol. The molecule has 1 rings (SSSR count). The summed E-state index contributed by atoms with van der Waals surface area (Å²) in [4.78, 5) is 11.8. The van der Waals surface area contributed by atoms with Gasteiger partial charge in [0, 0.05) is 19.8 Å². The first-order valence-corrected chi connectivity index (χ1v) is 17.4. The molecular formula is C40H79NO3. The first-order valence-electron chi connectivity index (χ1n) is 17.4. The fourth-order valence-corrected chi connectivity index (χ4v) is 2.18. The molecule has 44 heavy (non-hydrogen) atoms. The molecule has 1 amide bonds. The molecule has 0 saturated carbocycles. The zero-order chi connectivity index (χ0) is 35.9.